The Bertz CT molecular complexity index is 488. The summed E-state index contributed by atoms with van der Waals surface area (Å²) in [5.41, 5.74) is 1.02. The van der Waals surface area contributed by atoms with E-state index in [2.05, 4.69) is 9.98 Å². The van der Waals surface area contributed by atoms with Gasteiger partial charge in [0.15, 0.2) is 0 Å². The maximum Gasteiger partial charge on any atom is 0.343 e. The minimum Gasteiger partial charge on any atom is -0.512 e. The third-order valence-corrected chi connectivity index (χ3v) is 2.20. The van der Waals surface area contributed by atoms with Gasteiger partial charge in [-0.2, -0.15) is 0 Å². The largest absolute Gasteiger partial charge is 0.512 e. The van der Waals surface area contributed by atoms with Crippen molar-refractivity contribution in [3.8, 4) is 0 Å². The van der Waals surface area contributed by atoms with Gasteiger partial charge in [-0.05, 0) is 26.0 Å². The standard InChI is InChI=1S/C13H16N2O4/c1-3-19-13(18)12(9(2)17)7-15-10-4-5-11(8-16)14-6-10/h4-7,16-17H,3,8H2,1-2H3. The SMILES string of the molecule is CCOC(=O)C(C=Nc1ccc(CO)nc1)=C(C)O. The Morgan fingerprint density at radius 3 is 2.74 bits per heavy atom. The first-order chi connectivity index (χ1) is 9.08. The van der Waals surface area contributed by atoms with Crippen molar-refractivity contribution in [2.45, 2.75) is 20.5 Å². The number of hydrogen-bond acceptors (Lipinski definition) is 6. The van der Waals surface area contributed by atoms with Gasteiger partial charge in [-0.15, -0.1) is 0 Å². The quantitative estimate of drug-likeness (QED) is 0.365. The van der Waals surface area contributed by atoms with Crippen molar-refractivity contribution in [1.29, 1.82) is 0 Å². The maximum absolute atomic E-state index is 11.5. The fourth-order valence-electron chi connectivity index (χ4n) is 1.23. The van der Waals surface area contributed by atoms with Crippen LogP contribution in [0.4, 0.5) is 5.69 Å². The maximum atomic E-state index is 11.5. The average molecular weight is 264 g/mol. The second-order valence-electron chi connectivity index (χ2n) is 3.64. The highest BCUT2D eigenvalue weighted by Crippen LogP contribution is 2.11. The molecule has 0 spiro atoms. The lowest BCUT2D eigenvalue weighted by molar-refractivity contribution is -0.138. The number of esters is 1. The molecule has 102 valence electrons. The average Bonchev–Trinajstić information content (AvgIpc) is 2.39. The molecule has 0 atom stereocenters. The first-order valence-electron chi connectivity index (χ1n) is 5.75. The summed E-state index contributed by atoms with van der Waals surface area (Å²) < 4.78 is 4.79. The second-order valence-corrected chi connectivity index (χ2v) is 3.64. The molecule has 0 aliphatic rings. The molecule has 6 nitrogen and oxygen atoms in total. The van der Waals surface area contributed by atoms with Crippen LogP contribution in [0, 0.1) is 0 Å². The lowest BCUT2D eigenvalue weighted by Crippen LogP contribution is -2.10. The van der Waals surface area contributed by atoms with Crippen molar-refractivity contribution in [3.05, 3.63) is 35.4 Å². The van der Waals surface area contributed by atoms with Crippen LogP contribution in [0.25, 0.3) is 0 Å². The number of ether oxygens (including phenoxy) is 1. The van der Waals surface area contributed by atoms with E-state index in [1.54, 1.807) is 19.1 Å². The van der Waals surface area contributed by atoms with Crippen LogP contribution in [0.15, 0.2) is 34.7 Å². The summed E-state index contributed by atoms with van der Waals surface area (Å²) in [7, 11) is 0. The van der Waals surface area contributed by atoms with Crippen LogP contribution < -0.4 is 0 Å². The van der Waals surface area contributed by atoms with Gasteiger partial charge in [0.05, 0.1) is 30.8 Å². The van der Waals surface area contributed by atoms with Gasteiger partial charge in [-0.3, -0.25) is 9.98 Å². The molecule has 0 saturated heterocycles. The van der Waals surface area contributed by atoms with Crippen LogP contribution in [0.3, 0.4) is 0 Å². The molecule has 0 unspecified atom stereocenters. The number of pyridine rings is 1. The Hall–Kier alpha value is -2.21. The first kappa shape index (κ1) is 14.8. The van der Waals surface area contributed by atoms with Gasteiger partial charge in [0, 0.05) is 6.21 Å². The monoisotopic (exact) mass is 264 g/mol. The molecule has 0 bridgehead atoms. The molecule has 1 aromatic heterocycles. The summed E-state index contributed by atoms with van der Waals surface area (Å²) in [5.74, 6) is -0.798. The molecule has 19 heavy (non-hydrogen) atoms. The minimum absolute atomic E-state index is 0.00640. The summed E-state index contributed by atoms with van der Waals surface area (Å²) in [6, 6.07) is 3.26. The molecule has 0 fully saturated rings. The highest BCUT2D eigenvalue weighted by atomic mass is 16.5. The Kier molecular flexibility index (Phi) is 5.69. The van der Waals surface area contributed by atoms with E-state index in [4.69, 9.17) is 9.84 Å². The van der Waals surface area contributed by atoms with Crippen molar-refractivity contribution in [3.63, 3.8) is 0 Å². The van der Waals surface area contributed by atoms with Gasteiger partial charge >= 0.3 is 5.97 Å². The van der Waals surface area contributed by atoms with Crippen molar-refractivity contribution >= 4 is 17.9 Å². The number of allylic oxidation sites excluding steroid dienone is 1. The molecule has 0 radical (unpaired) electrons. The lowest BCUT2D eigenvalue weighted by Gasteiger charge is -2.03. The molecular weight excluding hydrogens is 248 g/mol. The van der Waals surface area contributed by atoms with Gasteiger partial charge < -0.3 is 14.9 Å². The number of aliphatic imine (C=N–C) groups is 1. The molecular formula is C13H16N2O4. The van der Waals surface area contributed by atoms with E-state index < -0.39 is 5.97 Å². The third kappa shape index (κ3) is 4.51. The Morgan fingerprint density at radius 2 is 2.26 bits per heavy atom. The summed E-state index contributed by atoms with van der Waals surface area (Å²) in [6.07, 6.45) is 2.68. The topological polar surface area (TPSA) is 92.0 Å². The molecule has 1 aromatic rings. The van der Waals surface area contributed by atoms with E-state index in [9.17, 15) is 9.90 Å². The number of hydrogen-bond donors (Lipinski definition) is 2. The van der Waals surface area contributed by atoms with Gasteiger partial charge in [-0.25, -0.2) is 4.79 Å². The molecule has 0 aliphatic carbocycles. The summed E-state index contributed by atoms with van der Waals surface area (Å²) in [4.78, 5) is 19.5. The van der Waals surface area contributed by atoms with Crippen LogP contribution in [0.1, 0.15) is 19.5 Å². The Balaban J connectivity index is 2.87. The van der Waals surface area contributed by atoms with E-state index in [0.29, 0.717) is 11.4 Å². The van der Waals surface area contributed by atoms with Gasteiger partial charge in [0.25, 0.3) is 0 Å². The molecule has 2 N–H and O–H groups in total. The predicted molar refractivity (Wildman–Crippen MR) is 70.3 cm³/mol. The molecule has 6 heteroatoms. The van der Waals surface area contributed by atoms with Crippen molar-refractivity contribution in [2.24, 2.45) is 4.99 Å². The zero-order valence-corrected chi connectivity index (χ0v) is 10.8. The smallest absolute Gasteiger partial charge is 0.343 e. The number of aliphatic hydroxyl groups is 2. The molecule has 1 heterocycles. The fourth-order valence-corrected chi connectivity index (χ4v) is 1.23. The normalized spacial score (nSPS) is 12.4. The second kappa shape index (κ2) is 7.27. The number of carbonyl (C=O) groups is 1. The third-order valence-electron chi connectivity index (χ3n) is 2.20. The van der Waals surface area contributed by atoms with E-state index in [1.165, 1.54) is 19.3 Å². The number of nitrogens with zero attached hydrogens (tertiary/aromatic N) is 2. The van der Waals surface area contributed by atoms with Gasteiger partial charge in [-0.1, -0.05) is 0 Å². The van der Waals surface area contributed by atoms with Crippen LogP contribution >= 0.6 is 0 Å². The van der Waals surface area contributed by atoms with Gasteiger partial charge in [0.2, 0.25) is 0 Å². The van der Waals surface area contributed by atoms with Crippen LogP contribution in [-0.2, 0) is 16.1 Å². The molecule has 0 aliphatic heterocycles. The summed E-state index contributed by atoms with van der Waals surface area (Å²) in [6.45, 7) is 3.13. The predicted octanol–water partition coefficient (Wildman–Crippen LogP) is 1.67. The van der Waals surface area contributed by atoms with E-state index in [1.807, 2.05) is 0 Å². The van der Waals surface area contributed by atoms with Crippen LogP contribution in [-0.4, -0.2) is 34.0 Å². The number of rotatable bonds is 5. The molecule has 1 rings (SSSR count). The Morgan fingerprint density at radius 1 is 1.53 bits per heavy atom. The van der Waals surface area contributed by atoms with Crippen molar-refractivity contribution in [1.82, 2.24) is 4.98 Å². The molecule has 0 saturated carbocycles. The zero-order valence-electron chi connectivity index (χ0n) is 10.8. The highest BCUT2D eigenvalue weighted by molar-refractivity contribution is 6.10. The minimum atomic E-state index is -0.633. The van der Waals surface area contributed by atoms with E-state index in [-0.39, 0.29) is 24.5 Å². The number of carbonyl (C=O) groups excluding carboxylic acids is 1. The number of aromatic nitrogens is 1. The number of aliphatic hydroxyl groups excluding tert-OH is 2. The first-order valence-corrected chi connectivity index (χ1v) is 5.75. The highest BCUT2D eigenvalue weighted by Gasteiger charge is 2.11. The Labute approximate surface area is 111 Å². The van der Waals surface area contributed by atoms with Crippen LogP contribution in [0.5, 0.6) is 0 Å². The zero-order chi connectivity index (χ0) is 14.3. The summed E-state index contributed by atoms with van der Waals surface area (Å²) >= 11 is 0. The molecule has 0 aromatic carbocycles. The van der Waals surface area contributed by atoms with Crippen molar-refractivity contribution in [2.75, 3.05) is 6.61 Å². The van der Waals surface area contributed by atoms with E-state index in [0.717, 1.165) is 0 Å². The lowest BCUT2D eigenvalue weighted by atomic mass is 10.2. The molecule has 0 amide bonds. The van der Waals surface area contributed by atoms with E-state index >= 15 is 0 Å². The fraction of sp³-hybridized carbons (Fsp3) is 0.308. The summed E-state index contributed by atoms with van der Waals surface area (Å²) in [5, 5.41) is 18.3. The van der Waals surface area contributed by atoms with Crippen LogP contribution in [0.2, 0.25) is 0 Å². The van der Waals surface area contributed by atoms with Crippen molar-refractivity contribution < 1.29 is 19.7 Å². The van der Waals surface area contributed by atoms with Gasteiger partial charge in [0.1, 0.15) is 11.3 Å².